The van der Waals surface area contributed by atoms with E-state index in [0.717, 1.165) is 24.2 Å². The third-order valence-electron chi connectivity index (χ3n) is 5.64. The number of pyridine rings is 1. The number of nitrogens with zero attached hydrogens (tertiary/aromatic N) is 1. The van der Waals surface area contributed by atoms with Crippen molar-refractivity contribution in [1.82, 2.24) is 4.73 Å². The van der Waals surface area contributed by atoms with Crippen LogP contribution < -0.4 is 15.1 Å². The van der Waals surface area contributed by atoms with Crippen LogP contribution in [0.5, 0.6) is 5.75 Å². The van der Waals surface area contributed by atoms with E-state index in [1.165, 1.54) is 11.8 Å². The molecule has 116 valence electrons. The minimum Gasteiger partial charge on any atom is -0.490 e. The van der Waals surface area contributed by atoms with E-state index in [4.69, 9.17) is 9.57 Å². The molecule has 5 unspecified atom stereocenters. The summed E-state index contributed by atoms with van der Waals surface area (Å²) in [4.78, 5) is 17.9. The average Bonchev–Trinajstić information content (AvgIpc) is 2.40. The van der Waals surface area contributed by atoms with E-state index in [1.807, 2.05) is 6.07 Å². The van der Waals surface area contributed by atoms with Crippen molar-refractivity contribution in [3.05, 3.63) is 28.2 Å². The molecule has 2 heterocycles. The number of ether oxygens (including phenoxy) is 1. The van der Waals surface area contributed by atoms with Gasteiger partial charge in [-0.25, -0.2) is 0 Å². The summed E-state index contributed by atoms with van der Waals surface area (Å²) in [6.45, 7) is 8.99. The Bertz CT molecular complexity index is 609. The maximum Gasteiger partial charge on any atom is 0.290 e. The van der Waals surface area contributed by atoms with Crippen molar-refractivity contribution < 1.29 is 9.57 Å². The van der Waals surface area contributed by atoms with Gasteiger partial charge in [0, 0.05) is 17.4 Å². The third kappa shape index (κ3) is 1.99. The molecule has 1 aromatic rings. The molecule has 0 bridgehead atoms. The number of hydrogen-bond donors (Lipinski definition) is 0. The van der Waals surface area contributed by atoms with Crippen molar-refractivity contribution in [3.8, 4) is 5.75 Å². The molecule has 5 atom stereocenters. The van der Waals surface area contributed by atoms with Crippen LogP contribution in [0.4, 0.5) is 0 Å². The largest absolute Gasteiger partial charge is 0.490 e. The van der Waals surface area contributed by atoms with Gasteiger partial charge in [0.05, 0.1) is 11.8 Å². The highest BCUT2D eigenvalue weighted by Gasteiger charge is 2.52. The molecule has 1 aliphatic carbocycles. The van der Waals surface area contributed by atoms with E-state index >= 15 is 0 Å². The summed E-state index contributed by atoms with van der Waals surface area (Å²) >= 11 is 0. The Morgan fingerprint density at radius 2 is 2.10 bits per heavy atom. The van der Waals surface area contributed by atoms with Crippen molar-refractivity contribution >= 4 is 0 Å². The van der Waals surface area contributed by atoms with Gasteiger partial charge in [0.1, 0.15) is 19.0 Å². The second kappa shape index (κ2) is 4.79. The number of aromatic nitrogens is 1. The first-order chi connectivity index (χ1) is 9.88. The average molecular weight is 291 g/mol. The van der Waals surface area contributed by atoms with Gasteiger partial charge in [-0.1, -0.05) is 20.8 Å². The van der Waals surface area contributed by atoms with Gasteiger partial charge in [0.15, 0.2) is 0 Å². The predicted molar refractivity (Wildman–Crippen MR) is 81.7 cm³/mol. The highest BCUT2D eigenvalue weighted by atomic mass is 16.6. The molecule has 4 nitrogen and oxygen atoms in total. The fourth-order valence-corrected chi connectivity index (χ4v) is 4.79. The maximum atomic E-state index is 12.7. The molecule has 0 radical (unpaired) electrons. The fourth-order valence-electron chi connectivity index (χ4n) is 4.79. The van der Waals surface area contributed by atoms with Crippen LogP contribution in [0.1, 0.15) is 52.0 Å². The van der Waals surface area contributed by atoms with Crippen molar-refractivity contribution in [2.45, 2.75) is 52.6 Å². The van der Waals surface area contributed by atoms with Crippen LogP contribution in [0.15, 0.2) is 17.1 Å². The van der Waals surface area contributed by atoms with E-state index in [0.29, 0.717) is 11.8 Å². The quantitative estimate of drug-likeness (QED) is 0.799. The Hall–Kier alpha value is -1.45. The van der Waals surface area contributed by atoms with E-state index in [-0.39, 0.29) is 23.0 Å². The van der Waals surface area contributed by atoms with E-state index < -0.39 is 0 Å². The van der Waals surface area contributed by atoms with Crippen LogP contribution in [0.3, 0.4) is 0 Å². The molecule has 0 saturated heterocycles. The van der Waals surface area contributed by atoms with E-state index in [2.05, 4.69) is 27.7 Å². The van der Waals surface area contributed by atoms with Gasteiger partial charge in [-0.3, -0.25) is 4.79 Å². The van der Waals surface area contributed by atoms with Crippen molar-refractivity contribution in [2.24, 2.45) is 17.3 Å². The molecule has 3 rings (SSSR count). The molecule has 1 fully saturated rings. The molecule has 4 heteroatoms. The first-order valence-corrected chi connectivity index (χ1v) is 7.85. The molecule has 0 amide bonds. The van der Waals surface area contributed by atoms with Crippen LogP contribution in [-0.4, -0.2) is 17.9 Å². The van der Waals surface area contributed by atoms with E-state index in [9.17, 15) is 4.79 Å². The standard InChI is InChI=1S/C17H25NO3/c1-10-8-11(2)15-14-13(6-7-18(20-5)16(14)19)21-12(3)17(15,4)9-10/h6-7,10-12,15H,8-9H2,1-5H3. The molecular weight excluding hydrogens is 266 g/mol. The Kier molecular flexibility index (Phi) is 3.30. The lowest BCUT2D eigenvalue weighted by molar-refractivity contribution is -0.0369. The highest BCUT2D eigenvalue weighted by molar-refractivity contribution is 5.39. The summed E-state index contributed by atoms with van der Waals surface area (Å²) in [5.41, 5.74) is 0.745. The minimum absolute atomic E-state index is 0.0101. The molecule has 0 spiro atoms. The number of rotatable bonds is 1. The summed E-state index contributed by atoms with van der Waals surface area (Å²) in [5, 5.41) is 0. The fraction of sp³-hybridized carbons (Fsp3) is 0.706. The van der Waals surface area contributed by atoms with Crippen LogP contribution in [-0.2, 0) is 0 Å². The smallest absolute Gasteiger partial charge is 0.290 e. The Morgan fingerprint density at radius 1 is 1.38 bits per heavy atom. The molecule has 1 saturated carbocycles. The van der Waals surface area contributed by atoms with Crippen LogP contribution in [0.2, 0.25) is 0 Å². The van der Waals surface area contributed by atoms with Gasteiger partial charge in [0.25, 0.3) is 5.56 Å². The first-order valence-electron chi connectivity index (χ1n) is 7.85. The van der Waals surface area contributed by atoms with Crippen molar-refractivity contribution in [3.63, 3.8) is 0 Å². The Morgan fingerprint density at radius 3 is 2.76 bits per heavy atom. The molecule has 1 aliphatic heterocycles. The zero-order valence-electron chi connectivity index (χ0n) is 13.6. The maximum absolute atomic E-state index is 12.7. The molecule has 1 aromatic heterocycles. The van der Waals surface area contributed by atoms with Gasteiger partial charge in [-0.2, -0.15) is 4.73 Å². The van der Waals surface area contributed by atoms with Crippen molar-refractivity contribution in [2.75, 3.05) is 7.11 Å². The highest BCUT2D eigenvalue weighted by Crippen LogP contribution is 2.57. The van der Waals surface area contributed by atoms with E-state index in [1.54, 1.807) is 6.20 Å². The van der Waals surface area contributed by atoms with Gasteiger partial charge < -0.3 is 9.57 Å². The summed E-state index contributed by atoms with van der Waals surface area (Å²) in [6, 6.07) is 1.86. The van der Waals surface area contributed by atoms with Crippen LogP contribution in [0.25, 0.3) is 0 Å². The topological polar surface area (TPSA) is 40.5 Å². The number of fused-ring (bicyclic) bond motifs is 3. The monoisotopic (exact) mass is 291 g/mol. The first kappa shape index (κ1) is 14.5. The molecule has 2 aliphatic rings. The van der Waals surface area contributed by atoms with Gasteiger partial charge >= 0.3 is 0 Å². The minimum atomic E-state index is -0.0699. The third-order valence-corrected chi connectivity index (χ3v) is 5.64. The summed E-state index contributed by atoms with van der Waals surface area (Å²) in [5.74, 6) is 2.12. The second-order valence-corrected chi connectivity index (χ2v) is 7.17. The molecule has 0 N–H and O–H groups in total. The predicted octanol–water partition coefficient (Wildman–Crippen LogP) is 2.84. The lowest BCUT2D eigenvalue weighted by atomic mass is 9.55. The van der Waals surface area contributed by atoms with Crippen molar-refractivity contribution in [1.29, 1.82) is 0 Å². The van der Waals surface area contributed by atoms with Crippen LogP contribution >= 0.6 is 0 Å². The van der Waals surface area contributed by atoms with Crippen LogP contribution in [0, 0.1) is 17.3 Å². The van der Waals surface area contributed by atoms with Gasteiger partial charge in [-0.05, 0) is 31.6 Å². The Labute approximate surface area is 126 Å². The second-order valence-electron chi connectivity index (χ2n) is 7.17. The zero-order valence-corrected chi connectivity index (χ0v) is 13.6. The normalized spacial score (nSPS) is 38.1. The summed E-state index contributed by atoms with van der Waals surface area (Å²) in [7, 11) is 1.52. The van der Waals surface area contributed by atoms with Gasteiger partial charge in [-0.15, -0.1) is 0 Å². The molecule has 21 heavy (non-hydrogen) atoms. The molecule has 0 aromatic carbocycles. The number of hydrogen-bond acceptors (Lipinski definition) is 3. The molecular formula is C17H25NO3. The summed E-state index contributed by atoms with van der Waals surface area (Å²) < 4.78 is 7.42. The van der Waals surface area contributed by atoms with Gasteiger partial charge in [0.2, 0.25) is 0 Å². The lowest BCUT2D eigenvalue weighted by Crippen LogP contribution is -2.52. The Balaban J connectivity index is 2.21. The lowest BCUT2D eigenvalue weighted by Gasteiger charge is -2.53. The SMILES string of the molecule is COn1ccc2c(c1=O)C1C(C)CC(C)CC1(C)C(C)O2. The summed E-state index contributed by atoms with van der Waals surface area (Å²) in [6.07, 6.45) is 4.03. The zero-order chi connectivity index (χ0) is 15.4.